The zero-order chi connectivity index (χ0) is 14.8. The van der Waals surface area contributed by atoms with Crippen LogP contribution in [0.1, 0.15) is 16.9 Å². The van der Waals surface area contributed by atoms with Crippen molar-refractivity contribution >= 4 is 11.7 Å². The number of carbonyl (C=O) groups excluding carboxylic acids is 1. The third-order valence-electron chi connectivity index (χ3n) is 2.58. The predicted molar refractivity (Wildman–Crippen MR) is 77.9 cm³/mol. The second kappa shape index (κ2) is 9.22. The van der Waals surface area contributed by atoms with Gasteiger partial charge in [0.25, 0.3) is 5.91 Å². The van der Waals surface area contributed by atoms with Gasteiger partial charge in [-0.2, -0.15) is 0 Å². The smallest absolute Gasteiger partial charge is 0.270 e. The molecule has 0 fully saturated rings. The molecule has 0 bridgehead atoms. The summed E-state index contributed by atoms with van der Waals surface area (Å²) in [7, 11) is 5.64. The number of ether oxygens (including phenoxy) is 1. The van der Waals surface area contributed by atoms with Gasteiger partial charge in [0.1, 0.15) is 17.8 Å². The van der Waals surface area contributed by atoms with Crippen LogP contribution in [0.5, 0.6) is 0 Å². The molecule has 0 radical (unpaired) electrons. The van der Waals surface area contributed by atoms with E-state index in [1.807, 2.05) is 14.1 Å². The average molecular weight is 281 g/mol. The summed E-state index contributed by atoms with van der Waals surface area (Å²) in [5.41, 5.74) is 0.366. The van der Waals surface area contributed by atoms with E-state index in [0.717, 1.165) is 13.0 Å². The standard InChI is InChI=1S/C13H23N5O2/c1-18(2)7-4-5-15-13(19)11-9-12(17-10-16-11)14-6-8-20-3/h9-10H,4-8H2,1-3H3,(H,15,19)(H,14,16,17). The number of hydrogen-bond acceptors (Lipinski definition) is 6. The van der Waals surface area contributed by atoms with Crippen molar-refractivity contribution in [3.05, 3.63) is 18.1 Å². The van der Waals surface area contributed by atoms with E-state index in [-0.39, 0.29) is 5.91 Å². The van der Waals surface area contributed by atoms with Gasteiger partial charge in [-0.05, 0) is 27.1 Å². The van der Waals surface area contributed by atoms with Crippen LogP contribution in [0.25, 0.3) is 0 Å². The summed E-state index contributed by atoms with van der Waals surface area (Å²) in [6.45, 7) is 2.79. The molecule has 112 valence electrons. The Morgan fingerprint density at radius 2 is 2.15 bits per heavy atom. The highest BCUT2D eigenvalue weighted by Gasteiger charge is 2.07. The molecule has 0 unspecified atom stereocenters. The molecule has 20 heavy (non-hydrogen) atoms. The van der Waals surface area contributed by atoms with Crippen LogP contribution in [0, 0.1) is 0 Å². The summed E-state index contributed by atoms with van der Waals surface area (Å²) in [6.07, 6.45) is 2.28. The van der Waals surface area contributed by atoms with Crippen molar-refractivity contribution in [3.8, 4) is 0 Å². The fourth-order valence-corrected chi connectivity index (χ4v) is 1.55. The molecule has 2 N–H and O–H groups in total. The van der Waals surface area contributed by atoms with Crippen LogP contribution in [0.2, 0.25) is 0 Å². The molecule has 1 aromatic heterocycles. The van der Waals surface area contributed by atoms with E-state index in [0.29, 0.717) is 31.2 Å². The number of hydrogen-bond donors (Lipinski definition) is 2. The van der Waals surface area contributed by atoms with E-state index in [4.69, 9.17) is 4.74 Å². The maximum absolute atomic E-state index is 11.9. The van der Waals surface area contributed by atoms with Gasteiger partial charge < -0.3 is 20.3 Å². The van der Waals surface area contributed by atoms with Crippen LogP contribution in [0.3, 0.4) is 0 Å². The monoisotopic (exact) mass is 281 g/mol. The Bertz CT molecular complexity index is 412. The van der Waals surface area contributed by atoms with E-state index >= 15 is 0 Å². The molecular formula is C13H23N5O2. The molecule has 0 aliphatic carbocycles. The number of rotatable bonds is 9. The van der Waals surface area contributed by atoms with Gasteiger partial charge >= 0.3 is 0 Å². The lowest BCUT2D eigenvalue weighted by Crippen LogP contribution is -2.28. The maximum Gasteiger partial charge on any atom is 0.270 e. The van der Waals surface area contributed by atoms with Crippen LogP contribution in [0.15, 0.2) is 12.4 Å². The van der Waals surface area contributed by atoms with Gasteiger partial charge in [-0.15, -0.1) is 0 Å². The summed E-state index contributed by atoms with van der Waals surface area (Å²) >= 11 is 0. The molecule has 0 saturated carbocycles. The minimum atomic E-state index is -0.180. The fourth-order valence-electron chi connectivity index (χ4n) is 1.55. The second-order valence-electron chi connectivity index (χ2n) is 4.62. The van der Waals surface area contributed by atoms with E-state index < -0.39 is 0 Å². The third kappa shape index (κ3) is 6.44. The third-order valence-corrected chi connectivity index (χ3v) is 2.58. The molecular weight excluding hydrogens is 258 g/mol. The number of amides is 1. The van der Waals surface area contributed by atoms with Gasteiger partial charge in [0.05, 0.1) is 6.61 Å². The molecule has 1 amide bonds. The molecule has 0 aliphatic heterocycles. The van der Waals surface area contributed by atoms with E-state index in [2.05, 4.69) is 25.5 Å². The van der Waals surface area contributed by atoms with Crippen LogP contribution < -0.4 is 10.6 Å². The highest BCUT2D eigenvalue weighted by molar-refractivity contribution is 5.92. The minimum absolute atomic E-state index is 0.180. The number of anilines is 1. The molecule has 0 aliphatic rings. The Kier molecular flexibility index (Phi) is 7.52. The quantitative estimate of drug-likeness (QED) is 0.630. The highest BCUT2D eigenvalue weighted by atomic mass is 16.5. The molecule has 0 saturated heterocycles. The van der Waals surface area contributed by atoms with Crippen molar-refractivity contribution in [2.75, 3.05) is 52.8 Å². The van der Waals surface area contributed by atoms with Crippen LogP contribution >= 0.6 is 0 Å². The topological polar surface area (TPSA) is 79.4 Å². The minimum Gasteiger partial charge on any atom is -0.383 e. The Morgan fingerprint density at radius 3 is 2.85 bits per heavy atom. The maximum atomic E-state index is 11.9. The van der Waals surface area contributed by atoms with E-state index in [9.17, 15) is 4.79 Å². The Hall–Kier alpha value is -1.73. The van der Waals surface area contributed by atoms with Crippen molar-refractivity contribution < 1.29 is 9.53 Å². The molecule has 0 atom stereocenters. The Balaban J connectivity index is 2.41. The van der Waals surface area contributed by atoms with Crippen LogP contribution in [0.4, 0.5) is 5.82 Å². The van der Waals surface area contributed by atoms with E-state index in [1.165, 1.54) is 6.33 Å². The van der Waals surface area contributed by atoms with Gasteiger partial charge in [0.2, 0.25) is 0 Å². The Labute approximate surface area is 119 Å². The molecule has 7 nitrogen and oxygen atoms in total. The number of carbonyl (C=O) groups is 1. The lowest BCUT2D eigenvalue weighted by atomic mass is 10.3. The number of methoxy groups -OCH3 is 1. The highest BCUT2D eigenvalue weighted by Crippen LogP contribution is 2.03. The first-order valence-electron chi connectivity index (χ1n) is 6.61. The van der Waals surface area contributed by atoms with Gasteiger partial charge in [-0.1, -0.05) is 0 Å². The molecule has 7 heteroatoms. The van der Waals surface area contributed by atoms with Gasteiger partial charge in [0, 0.05) is 26.3 Å². The van der Waals surface area contributed by atoms with Gasteiger partial charge in [-0.25, -0.2) is 9.97 Å². The molecule has 0 aromatic carbocycles. The fraction of sp³-hybridized carbons (Fsp3) is 0.615. The summed E-state index contributed by atoms with van der Waals surface area (Å²) in [4.78, 5) is 22.0. The van der Waals surface area contributed by atoms with Crippen molar-refractivity contribution in [2.24, 2.45) is 0 Å². The predicted octanol–water partition coefficient (Wildman–Crippen LogP) is 0.216. The Morgan fingerprint density at radius 1 is 1.35 bits per heavy atom. The molecule has 0 spiro atoms. The first-order chi connectivity index (χ1) is 9.63. The molecule has 1 aromatic rings. The molecule has 1 heterocycles. The first kappa shape index (κ1) is 16.3. The van der Waals surface area contributed by atoms with E-state index in [1.54, 1.807) is 13.2 Å². The lowest BCUT2D eigenvalue weighted by molar-refractivity contribution is 0.0947. The normalized spacial score (nSPS) is 10.6. The number of aromatic nitrogens is 2. The average Bonchev–Trinajstić information content (AvgIpc) is 2.44. The first-order valence-corrected chi connectivity index (χ1v) is 6.61. The lowest BCUT2D eigenvalue weighted by Gasteiger charge is -2.10. The van der Waals surface area contributed by atoms with Crippen LogP contribution in [-0.2, 0) is 4.74 Å². The summed E-state index contributed by atoms with van der Waals surface area (Å²) in [5, 5.41) is 5.90. The largest absolute Gasteiger partial charge is 0.383 e. The van der Waals surface area contributed by atoms with Crippen molar-refractivity contribution in [1.29, 1.82) is 0 Å². The number of nitrogens with zero attached hydrogens (tertiary/aromatic N) is 3. The van der Waals surface area contributed by atoms with Crippen molar-refractivity contribution in [2.45, 2.75) is 6.42 Å². The summed E-state index contributed by atoms with van der Waals surface area (Å²) in [6, 6.07) is 1.64. The summed E-state index contributed by atoms with van der Waals surface area (Å²) < 4.78 is 4.94. The van der Waals surface area contributed by atoms with Gasteiger partial charge in [-0.3, -0.25) is 4.79 Å². The zero-order valence-electron chi connectivity index (χ0n) is 12.3. The van der Waals surface area contributed by atoms with Crippen LogP contribution in [-0.4, -0.2) is 68.2 Å². The summed E-state index contributed by atoms with van der Waals surface area (Å²) in [5.74, 6) is 0.441. The van der Waals surface area contributed by atoms with Gasteiger partial charge in [0.15, 0.2) is 0 Å². The number of nitrogens with one attached hydrogen (secondary N) is 2. The zero-order valence-corrected chi connectivity index (χ0v) is 12.3. The second-order valence-corrected chi connectivity index (χ2v) is 4.62. The molecule has 1 rings (SSSR count). The van der Waals surface area contributed by atoms with Crippen molar-refractivity contribution in [3.63, 3.8) is 0 Å². The van der Waals surface area contributed by atoms with Crippen molar-refractivity contribution in [1.82, 2.24) is 20.2 Å². The SMILES string of the molecule is COCCNc1cc(C(=O)NCCCN(C)C)ncn1.